The van der Waals surface area contributed by atoms with Crippen LogP contribution in [0.4, 0.5) is 5.69 Å². The fraction of sp³-hybridized carbons (Fsp3) is 0.381. The third-order valence-corrected chi connectivity index (χ3v) is 7.35. The van der Waals surface area contributed by atoms with Gasteiger partial charge in [0.1, 0.15) is 18.2 Å². The fourth-order valence-corrected chi connectivity index (χ4v) is 5.22. The standard InChI is InChI=1S/C21H24N4O6S/c1-3-24-20-7-5-17(32(28,29)23-8-10-30-11-9-23)13-18(20)22-21(24)14-31-16-4-6-19(25(26)27)15(2)12-16/h4-7,12-13H,3,8-11,14H2,1-2H3. The Kier molecular flexibility index (Phi) is 6.13. The van der Waals surface area contributed by atoms with Crippen LogP contribution in [0.3, 0.4) is 0 Å². The molecule has 0 aliphatic carbocycles. The van der Waals surface area contributed by atoms with E-state index in [0.29, 0.717) is 55.5 Å². The lowest BCUT2D eigenvalue weighted by Gasteiger charge is -2.26. The van der Waals surface area contributed by atoms with E-state index in [1.165, 1.54) is 10.4 Å². The normalized spacial score (nSPS) is 15.2. The molecular formula is C21H24N4O6S. The summed E-state index contributed by atoms with van der Waals surface area (Å²) < 4.78 is 40.4. The van der Waals surface area contributed by atoms with Crippen LogP contribution in [0.1, 0.15) is 18.3 Å². The van der Waals surface area contributed by atoms with Crippen LogP contribution in [-0.4, -0.2) is 53.5 Å². The predicted octanol–water partition coefficient (Wildman–Crippen LogP) is 2.87. The van der Waals surface area contributed by atoms with E-state index in [1.54, 1.807) is 37.3 Å². The van der Waals surface area contributed by atoms with Crippen LogP contribution < -0.4 is 4.74 Å². The summed E-state index contributed by atoms with van der Waals surface area (Å²) in [7, 11) is -3.62. The number of rotatable bonds is 7. The van der Waals surface area contributed by atoms with E-state index in [9.17, 15) is 18.5 Å². The third kappa shape index (κ3) is 4.18. The molecule has 4 rings (SSSR count). The van der Waals surface area contributed by atoms with Crippen LogP contribution in [0.2, 0.25) is 0 Å². The molecule has 0 bridgehead atoms. The first-order valence-electron chi connectivity index (χ1n) is 10.3. The number of nitro groups is 1. The molecule has 2 heterocycles. The zero-order valence-electron chi connectivity index (χ0n) is 17.9. The smallest absolute Gasteiger partial charge is 0.272 e. The molecule has 10 nitrogen and oxygen atoms in total. The van der Waals surface area contributed by atoms with E-state index in [1.807, 2.05) is 11.5 Å². The molecule has 11 heteroatoms. The summed E-state index contributed by atoms with van der Waals surface area (Å²) in [6.45, 7) is 5.83. The van der Waals surface area contributed by atoms with Gasteiger partial charge in [-0.1, -0.05) is 0 Å². The van der Waals surface area contributed by atoms with E-state index >= 15 is 0 Å². The van der Waals surface area contributed by atoms with Crippen molar-refractivity contribution in [2.24, 2.45) is 0 Å². The van der Waals surface area contributed by atoms with Crippen LogP contribution in [0.25, 0.3) is 11.0 Å². The highest BCUT2D eigenvalue weighted by molar-refractivity contribution is 7.89. The molecular weight excluding hydrogens is 436 g/mol. The molecule has 3 aromatic rings. The first kappa shape index (κ1) is 22.2. The maximum Gasteiger partial charge on any atom is 0.272 e. The van der Waals surface area contributed by atoms with Crippen LogP contribution in [0.5, 0.6) is 5.75 Å². The lowest BCUT2D eigenvalue weighted by molar-refractivity contribution is -0.385. The average Bonchev–Trinajstić information content (AvgIpc) is 3.14. The molecule has 1 fully saturated rings. The highest BCUT2D eigenvalue weighted by atomic mass is 32.2. The molecule has 170 valence electrons. The molecule has 1 saturated heterocycles. The van der Waals surface area contributed by atoms with Crippen LogP contribution >= 0.6 is 0 Å². The van der Waals surface area contributed by atoms with Crippen molar-refractivity contribution in [2.75, 3.05) is 26.3 Å². The molecule has 32 heavy (non-hydrogen) atoms. The topological polar surface area (TPSA) is 117 Å². The number of hydrogen-bond acceptors (Lipinski definition) is 7. The molecule has 0 atom stereocenters. The Morgan fingerprint density at radius 1 is 1.19 bits per heavy atom. The first-order valence-corrected chi connectivity index (χ1v) is 11.7. The van der Waals surface area contributed by atoms with Crippen molar-refractivity contribution in [3.05, 3.63) is 57.9 Å². The van der Waals surface area contributed by atoms with Crippen LogP contribution in [-0.2, 0) is 27.9 Å². The van der Waals surface area contributed by atoms with Crippen molar-refractivity contribution in [1.82, 2.24) is 13.9 Å². The van der Waals surface area contributed by atoms with Crippen molar-refractivity contribution >= 4 is 26.7 Å². The Hall–Kier alpha value is -3.02. The second-order valence-corrected chi connectivity index (χ2v) is 9.37. The zero-order chi connectivity index (χ0) is 22.9. The number of morpholine rings is 1. The predicted molar refractivity (Wildman–Crippen MR) is 117 cm³/mol. The SMILES string of the molecule is CCn1c(COc2ccc([N+](=O)[O-])c(C)c2)nc2cc(S(=O)(=O)N3CCOCC3)ccc21. The molecule has 0 radical (unpaired) electrons. The monoisotopic (exact) mass is 460 g/mol. The van der Waals surface area contributed by atoms with Crippen molar-refractivity contribution in [2.45, 2.75) is 31.9 Å². The Morgan fingerprint density at radius 3 is 2.59 bits per heavy atom. The molecule has 1 aliphatic rings. The lowest BCUT2D eigenvalue weighted by Crippen LogP contribution is -2.40. The first-order chi connectivity index (χ1) is 15.3. The molecule has 1 aliphatic heterocycles. The Labute approximate surface area is 185 Å². The number of imidazole rings is 1. The molecule has 0 spiro atoms. The maximum absolute atomic E-state index is 13.0. The van der Waals surface area contributed by atoms with Crippen molar-refractivity contribution in [3.8, 4) is 5.75 Å². The molecule has 0 amide bonds. The van der Waals surface area contributed by atoms with E-state index < -0.39 is 14.9 Å². The molecule has 0 N–H and O–H groups in total. The summed E-state index contributed by atoms with van der Waals surface area (Å²) in [4.78, 5) is 15.4. The van der Waals surface area contributed by atoms with Gasteiger partial charge >= 0.3 is 0 Å². The summed E-state index contributed by atoms with van der Waals surface area (Å²) in [5.74, 6) is 1.14. The minimum absolute atomic E-state index is 0.0344. The van der Waals surface area contributed by atoms with Gasteiger partial charge in [-0.25, -0.2) is 13.4 Å². The summed E-state index contributed by atoms with van der Waals surface area (Å²) in [5.41, 5.74) is 1.92. The largest absolute Gasteiger partial charge is 0.486 e. The second-order valence-electron chi connectivity index (χ2n) is 7.43. The minimum Gasteiger partial charge on any atom is -0.486 e. The second kappa shape index (κ2) is 8.85. The van der Waals surface area contributed by atoms with Crippen molar-refractivity contribution in [1.29, 1.82) is 0 Å². The van der Waals surface area contributed by atoms with E-state index in [0.717, 1.165) is 5.52 Å². The van der Waals surface area contributed by atoms with Gasteiger partial charge in [0.25, 0.3) is 5.69 Å². The summed E-state index contributed by atoms with van der Waals surface area (Å²) in [5, 5.41) is 11.0. The van der Waals surface area contributed by atoms with E-state index in [-0.39, 0.29) is 17.2 Å². The molecule has 1 aromatic heterocycles. The van der Waals surface area contributed by atoms with Crippen molar-refractivity contribution < 1.29 is 22.8 Å². The van der Waals surface area contributed by atoms with Gasteiger partial charge in [-0.15, -0.1) is 0 Å². The minimum atomic E-state index is -3.62. The van der Waals surface area contributed by atoms with Gasteiger partial charge in [0, 0.05) is 31.3 Å². The summed E-state index contributed by atoms with van der Waals surface area (Å²) >= 11 is 0. The number of fused-ring (bicyclic) bond motifs is 1. The van der Waals surface area contributed by atoms with Gasteiger partial charge in [-0.3, -0.25) is 10.1 Å². The van der Waals surface area contributed by atoms with Gasteiger partial charge in [0.2, 0.25) is 10.0 Å². The maximum atomic E-state index is 13.0. The van der Waals surface area contributed by atoms with Crippen LogP contribution in [0, 0.1) is 17.0 Å². The summed E-state index contributed by atoms with van der Waals surface area (Å²) in [6.07, 6.45) is 0. The fourth-order valence-electron chi connectivity index (χ4n) is 3.79. The van der Waals surface area contributed by atoms with Gasteiger partial charge in [0.05, 0.1) is 34.1 Å². The van der Waals surface area contributed by atoms with E-state index in [4.69, 9.17) is 9.47 Å². The molecule has 0 unspecified atom stereocenters. The Balaban J connectivity index is 1.60. The average molecular weight is 461 g/mol. The van der Waals surface area contributed by atoms with Crippen LogP contribution in [0.15, 0.2) is 41.3 Å². The quantitative estimate of drug-likeness (QED) is 0.393. The molecule has 2 aromatic carbocycles. The molecule has 0 saturated carbocycles. The number of aromatic nitrogens is 2. The number of hydrogen-bond donors (Lipinski definition) is 0. The lowest BCUT2D eigenvalue weighted by atomic mass is 10.2. The van der Waals surface area contributed by atoms with Gasteiger partial charge in [0.15, 0.2) is 0 Å². The number of sulfonamides is 1. The highest BCUT2D eigenvalue weighted by Gasteiger charge is 2.27. The number of benzene rings is 2. The number of ether oxygens (including phenoxy) is 2. The van der Waals surface area contributed by atoms with Gasteiger partial charge in [-0.05, 0) is 44.2 Å². The Morgan fingerprint density at radius 2 is 1.94 bits per heavy atom. The summed E-state index contributed by atoms with van der Waals surface area (Å²) in [6, 6.07) is 9.53. The van der Waals surface area contributed by atoms with E-state index in [2.05, 4.69) is 4.98 Å². The number of aryl methyl sites for hydroxylation is 2. The zero-order valence-corrected chi connectivity index (χ0v) is 18.7. The van der Waals surface area contributed by atoms with Crippen molar-refractivity contribution in [3.63, 3.8) is 0 Å². The number of nitro benzene ring substituents is 1. The van der Waals surface area contributed by atoms with Gasteiger partial charge < -0.3 is 14.0 Å². The Bertz CT molecular complexity index is 1260. The number of nitrogens with zero attached hydrogens (tertiary/aromatic N) is 4. The third-order valence-electron chi connectivity index (χ3n) is 5.46. The highest BCUT2D eigenvalue weighted by Crippen LogP contribution is 2.26. The van der Waals surface area contributed by atoms with Gasteiger partial charge in [-0.2, -0.15) is 4.31 Å².